The van der Waals surface area contributed by atoms with E-state index in [0.717, 1.165) is 4.47 Å². The molecule has 3 nitrogen and oxygen atoms in total. The highest BCUT2D eigenvalue weighted by Crippen LogP contribution is 2.31. The van der Waals surface area contributed by atoms with Crippen molar-refractivity contribution in [2.24, 2.45) is 5.73 Å². The van der Waals surface area contributed by atoms with E-state index in [0.29, 0.717) is 22.2 Å². The van der Waals surface area contributed by atoms with E-state index in [1.807, 2.05) is 6.07 Å². The number of benzene rings is 1. The third-order valence-corrected chi connectivity index (χ3v) is 3.12. The molecule has 0 saturated carbocycles. The summed E-state index contributed by atoms with van der Waals surface area (Å²) in [6, 6.07) is 8.74. The molecule has 0 bridgehead atoms. The number of halogens is 2. The molecule has 1 heterocycles. The second-order valence-electron chi connectivity index (χ2n) is 3.42. The van der Waals surface area contributed by atoms with E-state index in [2.05, 4.69) is 20.9 Å². The Balaban J connectivity index is 2.31. The van der Waals surface area contributed by atoms with Crippen molar-refractivity contribution in [2.45, 2.75) is 0 Å². The van der Waals surface area contributed by atoms with Gasteiger partial charge < -0.3 is 10.5 Å². The minimum atomic E-state index is 0.223. The maximum atomic E-state index is 6.04. The second-order valence-corrected chi connectivity index (χ2v) is 5.18. The van der Waals surface area contributed by atoms with Gasteiger partial charge in [0.05, 0.1) is 5.02 Å². The molecule has 18 heavy (non-hydrogen) atoms. The van der Waals surface area contributed by atoms with Crippen molar-refractivity contribution in [3.05, 3.63) is 51.7 Å². The van der Waals surface area contributed by atoms with Crippen molar-refractivity contribution in [3.63, 3.8) is 0 Å². The van der Waals surface area contributed by atoms with E-state index < -0.39 is 0 Å². The number of ether oxygens (including phenoxy) is 1. The monoisotopic (exact) mass is 342 g/mol. The van der Waals surface area contributed by atoms with Crippen molar-refractivity contribution in [1.82, 2.24) is 4.98 Å². The molecular formula is C12H8BrClN2OS. The van der Waals surface area contributed by atoms with Crippen LogP contribution in [-0.4, -0.2) is 9.97 Å². The third kappa shape index (κ3) is 3.19. The SMILES string of the molecule is NC(=S)c1cc(Oc2cc(Br)ccc2Cl)ccn1. The summed E-state index contributed by atoms with van der Waals surface area (Å²) in [5, 5.41) is 0.520. The fraction of sp³-hybridized carbons (Fsp3) is 0. The molecule has 1 aromatic heterocycles. The summed E-state index contributed by atoms with van der Waals surface area (Å²) in [5.41, 5.74) is 6.02. The van der Waals surface area contributed by atoms with E-state index >= 15 is 0 Å². The van der Waals surface area contributed by atoms with Gasteiger partial charge in [0.1, 0.15) is 22.2 Å². The number of rotatable bonds is 3. The Bertz CT molecular complexity index is 606. The molecule has 2 rings (SSSR count). The Labute approximate surface area is 123 Å². The highest BCUT2D eigenvalue weighted by Gasteiger charge is 2.06. The van der Waals surface area contributed by atoms with Gasteiger partial charge in [0.2, 0.25) is 0 Å². The summed E-state index contributed by atoms with van der Waals surface area (Å²) in [6.45, 7) is 0. The van der Waals surface area contributed by atoms with Gasteiger partial charge in [0.25, 0.3) is 0 Å². The highest BCUT2D eigenvalue weighted by molar-refractivity contribution is 9.10. The molecule has 0 saturated heterocycles. The zero-order chi connectivity index (χ0) is 13.1. The Morgan fingerprint density at radius 2 is 2.11 bits per heavy atom. The van der Waals surface area contributed by atoms with Gasteiger partial charge >= 0.3 is 0 Å². The smallest absolute Gasteiger partial charge is 0.147 e. The molecule has 0 fully saturated rings. The van der Waals surface area contributed by atoms with Gasteiger partial charge in [-0.05, 0) is 24.3 Å². The normalized spacial score (nSPS) is 10.1. The van der Waals surface area contributed by atoms with Crippen LogP contribution in [0.25, 0.3) is 0 Å². The van der Waals surface area contributed by atoms with Crippen molar-refractivity contribution in [1.29, 1.82) is 0 Å². The highest BCUT2D eigenvalue weighted by atomic mass is 79.9. The van der Waals surface area contributed by atoms with Gasteiger partial charge in [-0.25, -0.2) is 0 Å². The van der Waals surface area contributed by atoms with Crippen molar-refractivity contribution < 1.29 is 4.74 Å². The zero-order valence-corrected chi connectivity index (χ0v) is 12.2. The van der Waals surface area contributed by atoms with Gasteiger partial charge in [0.15, 0.2) is 0 Å². The zero-order valence-electron chi connectivity index (χ0n) is 9.06. The van der Waals surface area contributed by atoms with E-state index in [-0.39, 0.29) is 4.99 Å². The van der Waals surface area contributed by atoms with Crippen LogP contribution in [0.15, 0.2) is 41.0 Å². The number of hydrogen-bond donors (Lipinski definition) is 1. The minimum absolute atomic E-state index is 0.223. The first-order valence-electron chi connectivity index (χ1n) is 4.95. The number of nitrogens with zero attached hydrogens (tertiary/aromatic N) is 1. The lowest BCUT2D eigenvalue weighted by molar-refractivity contribution is 0.481. The van der Waals surface area contributed by atoms with Crippen LogP contribution in [0.4, 0.5) is 0 Å². The summed E-state index contributed by atoms with van der Waals surface area (Å²) in [7, 11) is 0. The van der Waals surface area contributed by atoms with Crippen LogP contribution in [0.2, 0.25) is 5.02 Å². The second kappa shape index (κ2) is 5.65. The van der Waals surface area contributed by atoms with Gasteiger partial charge in [-0.15, -0.1) is 0 Å². The van der Waals surface area contributed by atoms with Crippen molar-refractivity contribution in [3.8, 4) is 11.5 Å². The van der Waals surface area contributed by atoms with E-state index in [1.54, 1.807) is 30.5 Å². The quantitative estimate of drug-likeness (QED) is 0.858. The first kappa shape index (κ1) is 13.3. The van der Waals surface area contributed by atoms with Crippen molar-refractivity contribution >= 4 is 44.7 Å². The van der Waals surface area contributed by atoms with E-state index in [9.17, 15) is 0 Å². The number of pyridine rings is 1. The minimum Gasteiger partial charge on any atom is -0.456 e. The predicted octanol–water partition coefficient (Wildman–Crippen LogP) is 3.92. The fourth-order valence-electron chi connectivity index (χ4n) is 1.29. The number of nitrogens with two attached hydrogens (primary N) is 1. The van der Waals surface area contributed by atoms with Crippen LogP contribution in [0.1, 0.15) is 5.69 Å². The van der Waals surface area contributed by atoms with Crippen LogP contribution < -0.4 is 10.5 Å². The number of hydrogen-bond acceptors (Lipinski definition) is 3. The van der Waals surface area contributed by atoms with E-state index in [4.69, 9.17) is 34.3 Å². The standard InChI is InChI=1S/C12H8BrClN2OS/c13-7-1-2-9(14)11(5-7)17-8-3-4-16-10(6-8)12(15)18/h1-6H,(H2,15,18). The molecule has 0 aliphatic rings. The summed E-state index contributed by atoms with van der Waals surface area (Å²) >= 11 is 14.3. The number of aromatic nitrogens is 1. The largest absolute Gasteiger partial charge is 0.456 e. The topological polar surface area (TPSA) is 48.1 Å². The third-order valence-electron chi connectivity index (χ3n) is 2.10. The molecule has 1 aromatic carbocycles. The molecular weight excluding hydrogens is 336 g/mol. The predicted molar refractivity (Wildman–Crippen MR) is 79.4 cm³/mol. The average Bonchev–Trinajstić information content (AvgIpc) is 2.34. The van der Waals surface area contributed by atoms with Crippen LogP contribution in [0.5, 0.6) is 11.5 Å². The molecule has 0 aliphatic heterocycles. The molecule has 0 atom stereocenters. The summed E-state index contributed by atoms with van der Waals surface area (Å²) in [4.78, 5) is 4.26. The summed E-state index contributed by atoms with van der Waals surface area (Å²) < 4.78 is 6.54. The molecule has 92 valence electrons. The lowest BCUT2D eigenvalue weighted by Crippen LogP contribution is -2.11. The molecule has 2 aromatic rings. The molecule has 6 heteroatoms. The molecule has 0 radical (unpaired) electrons. The Hall–Kier alpha value is -1.17. The van der Waals surface area contributed by atoms with Crippen LogP contribution in [-0.2, 0) is 0 Å². The lowest BCUT2D eigenvalue weighted by Gasteiger charge is -2.08. The molecule has 0 spiro atoms. The van der Waals surface area contributed by atoms with Crippen molar-refractivity contribution in [2.75, 3.05) is 0 Å². The first-order valence-corrected chi connectivity index (χ1v) is 6.53. The van der Waals surface area contributed by atoms with Crippen LogP contribution >= 0.6 is 39.7 Å². The van der Waals surface area contributed by atoms with Gasteiger partial charge in [-0.1, -0.05) is 39.7 Å². The first-order chi connectivity index (χ1) is 8.56. The van der Waals surface area contributed by atoms with Crippen LogP contribution in [0, 0.1) is 0 Å². The summed E-state index contributed by atoms with van der Waals surface area (Å²) in [5.74, 6) is 1.12. The van der Waals surface area contributed by atoms with Crippen LogP contribution in [0.3, 0.4) is 0 Å². The average molecular weight is 344 g/mol. The fourth-order valence-corrected chi connectivity index (χ4v) is 1.90. The van der Waals surface area contributed by atoms with E-state index in [1.165, 1.54) is 0 Å². The lowest BCUT2D eigenvalue weighted by atomic mass is 10.3. The van der Waals surface area contributed by atoms with Gasteiger partial charge in [0, 0.05) is 16.7 Å². The molecule has 0 aliphatic carbocycles. The molecule has 0 amide bonds. The Morgan fingerprint density at radius 3 is 2.83 bits per heavy atom. The summed E-state index contributed by atoms with van der Waals surface area (Å²) in [6.07, 6.45) is 1.58. The molecule has 2 N–H and O–H groups in total. The number of thiocarbonyl (C=S) groups is 1. The van der Waals surface area contributed by atoms with Gasteiger partial charge in [-0.2, -0.15) is 0 Å². The van der Waals surface area contributed by atoms with Gasteiger partial charge in [-0.3, -0.25) is 4.98 Å². The maximum absolute atomic E-state index is 6.04. The molecule has 0 unspecified atom stereocenters. The Morgan fingerprint density at radius 1 is 1.33 bits per heavy atom. The maximum Gasteiger partial charge on any atom is 0.147 e. The Kier molecular flexibility index (Phi) is 4.16.